The van der Waals surface area contributed by atoms with Crippen LogP contribution in [-0.4, -0.2) is 38.0 Å². The van der Waals surface area contributed by atoms with Gasteiger partial charge in [-0.3, -0.25) is 9.59 Å². The molecule has 2 amide bonds. The highest BCUT2D eigenvalue weighted by molar-refractivity contribution is 5.81. The average Bonchev–Trinajstić information content (AvgIpc) is 2.17. The van der Waals surface area contributed by atoms with Crippen molar-refractivity contribution in [2.75, 3.05) is 26.2 Å². The van der Waals surface area contributed by atoms with Gasteiger partial charge in [-0.2, -0.15) is 0 Å². The predicted molar refractivity (Wildman–Crippen MR) is 58.6 cm³/mol. The molecular formula is C8H21N5O2. The van der Waals surface area contributed by atoms with Gasteiger partial charge in [-0.1, -0.05) is 0 Å². The molecule has 90 valence electrons. The fraction of sp³-hybridized carbons (Fsp3) is 0.750. The number of primary amides is 2. The van der Waals surface area contributed by atoms with Crippen molar-refractivity contribution < 1.29 is 9.59 Å². The first-order valence-electron chi connectivity index (χ1n) is 4.72. The molecule has 0 atom stereocenters. The summed E-state index contributed by atoms with van der Waals surface area (Å²) in [6.45, 7) is 3.13. The topological polar surface area (TPSA) is 150 Å². The van der Waals surface area contributed by atoms with Crippen LogP contribution in [0.5, 0.6) is 0 Å². The van der Waals surface area contributed by atoms with Crippen LogP contribution in [0.1, 0.15) is 12.8 Å². The first-order chi connectivity index (χ1) is 7.04. The van der Waals surface area contributed by atoms with Crippen molar-refractivity contribution in [1.82, 2.24) is 5.32 Å². The van der Waals surface area contributed by atoms with Crippen molar-refractivity contribution in [3.63, 3.8) is 0 Å². The second-order valence-electron chi connectivity index (χ2n) is 2.76. The first-order valence-corrected chi connectivity index (χ1v) is 4.72. The van der Waals surface area contributed by atoms with E-state index in [2.05, 4.69) is 5.32 Å². The van der Waals surface area contributed by atoms with Crippen LogP contribution in [0.2, 0.25) is 0 Å². The van der Waals surface area contributed by atoms with E-state index in [9.17, 15) is 9.59 Å². The summed E-state index contributed by atoms with van der Waals surface area (Å²) in [4.78, 5) is 19.8. The van der Waals surface area contributed by atoms with Crippen LogP contribution in [0.4, 0.5) is 0 Å². The van der Waals surface area contributed by atoms with Crippen molar-refractivity contribution in [2.24, 2.45) is 22.9 Å². The molecule has 0 saturated heterocycles. The van der Waals surface area contributed by atoms with E-state index in [1.165, 1.54) is 0 Å². The van der Waals surface area contributed by atoms with Gasteiger partial charge in [0, 0.05) is 39.0 Å². The fourth-order valence-electron chi connectivity index (χ4n) is 0.576. The molecule has 0 aromatic carbocycles. The highest BCUT2D eigenvalue weighted by Crippen LogP contribution is 1.82. The van der Waals surface area contributed by atoms with Gasteiger partial charge in [-0.25, -0.2) is 0 Å². The molecule has 0 aliphatic carbocycles. The molecule has 0 saturated carbocycles. The standard InChI is InChI=1S/C4H13N3.C4H8N2O2/c5-1-3-7-4-2-6;5-3(7)1-2-4(6)8/h7H,1-6H2;1-2H2,(H2,5,7)(H2,6,8). The monoisotopic (exact) mass is 219 g/mol. The summed E-state index contributed by atoms with van der Waals surface area (Å²) < 4.78 is 0. The SMILES string of the molecule is NC(=O)CCC(N)=O.NCCNCCN. The maximum absolute atomic E-state index is 9.92. The summed E-state index contributed by atoms with van der Waals surface area (Å²) in [6.07, 6.45) is 0.102. The van der Waals surface area contributed by atoms with Crippen molar-refractivity contribution in [1.29, 1.82) is 0 Å². The van der Waals surface area contributed by atoms with E-state index >= 15 is 0 Å². The molecule has 9 N–H and O–H groups in total. The number of hydrogen-bond acceptors (Lipinski definition) is 5. The molecule has 0 rings (SSSR count). The van der Waals surface area contributed by atoms with Crippen LogP contribution in [0, 0.1) is 0 Å². The summed E-state index contributed by atoms with van der Waals surface area (Å²) in [7, 11) is 0. The Hall–Kier alpha value is -1.18. The molecule has 0 fully saturated rings. The highest BCUT2D eigenvalue weighted by Gasteiger charge is 1.96. The molecule has 7 heteroatoms. The fourth-order valence-corrected chi connectivity index (χ4v) is 0.576. The number of carbonyl (C=O) groups excluding carboxylic acids is 2. The molecule has 0 aromatic rings. The lowest BCUT2D eigenvalue weighted by Gasteiger charge is -1.95. The number of hydrogen-bond donors (Lipinski definition) is 5. The molecule has 0 aliphatic rings. The van der Waals surface area contributed by atoms with Crippen molar-refractivity contribution in [2.45, 2.75) is 12.8 Å². The van der Waals surface area contributed by atoms with Gasteiger partial charge in [0.15, 0.2) is 0 Å². The number of nitrogens with two attached hydrogens (primary N) is 4. The van der Waals surface area contributed by atoms with Gasteiger partial charge in [0.2, 0.25) is 11.8 Å². The zero-order valence-corrected chi connectivity index (χ0v) is 8.87. The van der Waals surface area contributed by atoms with Crippen LogP contribution in [0.25, 0.3) is 0 Å². The second-order valence-corrected chi connectivity index (χ2v) is 2.76. The Morgan fingerprint density at radius 1 is 0.867 bits per heavy atom. The van der Waals surface area contributed by atoms with E-state index in [1.807, 2.05) is 0 Å². The van der Waals surface area contributed by atoms with Gasteiger partial charge in [0.25, 0.3) is 0 Å². The van der Waals surface area contributed by atoms with Crippen LogP contribution >= 0.6 is 0 Å². The molecule has 15 heavy (non-hydrogen) atoms. The lowest BCUT2D eigenvalue weighted by Crippen LogP contribution is -2.27. The highest BCUT2D eigenvalue weighted by atomic mass is 16.2. The zero-order chi connectivity index (χ0) is 12.1. The van der Waals surface area contributed by atoms with Gasteiger partial charge >= 0.3 is 0 Å². The smallest absolute Gasteiger partial charge is 0.217 e. The van der Waals surface area contributed by atoms with Crippen LogP contribution in [0.3, 0.4) is 0 Å². The van der Waals surface area contributed by atoms with Crippen molar-refractivity contribution in [3.05, 3.63) is 0 Å². The van der Waals surface area contributed by atoms with Crippen molar-refractivity contribution in [3.8, 4) is 0 Å². The Balaban J connectivity index is 0. The summed E-state index contributed by atoms with van der Waals surface area (Å²) >= 11 is 0. The van der Waals surface area contributed by atoms with E-state index in [0.29, 0.717) is 13.1 Å². The third-order valence-corrected chi connectivity index (χ3v) is 1.26. The van der Waals surface area contributed by atoms with Crippen LogP contribution < -0.4 is 28.3 Å². The van der Waals surface area contributed by atoms with Gasteiger partial charge in [-0.15, -0.1) is 0 Å². The molecule has 0 aromatic heterocycles. The quantitative estimate of drug-likeness (QED) is 0.294. The zero-order valence-electron chi connectivity index (χ0n) is 8.87. The minimum Gasteiger partial charge on any atom is -0.370 e. The van der Waals surface area contributed by atoms with E-state index in [-0.39, 0.29) is 12.8 Å². The lowest BCUT2D eigenvalue weighted by molar-refractivity contribution is -0.123. The van der Waals surface area contributed by atoms with E-state index < -0.39 is 11.8 Å². The van der Waals surface area contributed by atoms with E-state index in [1.54, 1.807) is 0 Å². The maximum Gasteiger partial charge on any atom is 0.217 e. The van der Waals surface area contributed by atoms with E-state index in [4.69, 9.17) is 22.9 Å². The summed E-state index contributed by atoms with van der Waals surface area (Å²) in [5.41, 5.74) is 19.7. The molecule has 0 heterocycles. The Labute approximate surface area is 89.5 Å². The van der Waals surface area contributed by atoms with E-state index in [0.717, 1.165) is 13.1 Å². The predicted octanol–water partition coefficient (Wildman–Crippen LogP) is -2.77. The molecule has 0 spiro atoms. The van der Waals surface area contributed by atoms with Gasteiger partial charge in [0.05, 0.1) is 0 Å². The Morgan fingerprint density at radius 3 is 1.40 bits per heavy atom. The van der Waals surface area contributed by atoms with Crippen molar-refractivity contribution >= 4 is 11.8 Å². The lowest BCUT2D eigenvalue weighted by atomic mass is 10.3. The molecule has 0 unspecified atom stereocenters. The second kappa shape index (κ2) is 12.8. The summed E-state index contributed by atoms with van der Waals surface area (Å²) in [5.74, 6) is -0.993. The Morgan fingerprint density at radius 2 is 1.20 bits per heavy atom. The number of carbonyl (C=O) groups is 2. The number of amides is 2. The molecular weight excluding hydrogens is 198 g/mol. The molecule has 7 nitrogen and oxygen atoms in total. The Bertz CT molecular complexity index is 156. The third-order valence-electron chi connectivity index (χ3n) is 1.26. The Kier molecular flexibility index (Phi) is 13.9. The average molecular weight is 219 g/mol. The number of nitrogens with one attached hydrogen (secondary N) is 1. The summed E-state index contributed by atoms with van der Waals surface area (Å²) in [6, 6.07) is 0. The van der Waals surface area contributed by atoms with Gasteiger partial charge in [-0.05, 0) is 0 Å². The maximum atomic E-state index is 9.92. The normalized spacial score (nSPS) is 8.93. The molecule has 0 bridgehead atoms. The largest absolute Gasteiger partial charge is 0.370 e. The van der Waals surface area contributed by atoms with Crippen LogP contribution in [-0.2, 0) is 9.59 Å². The molecule has 0 aliphatic heterocycles. The molecule has 0 radical (unpaired) electrons. The number of rotatable bonds is 7. The van der Waals surface area contributed by atoms with Gasteiger partial charge in [0.1, 0.15) is 0 Å². The van der Waals surface area contributed by atoms with Gasteiger partial charge < -0.3 is 28.3 Å². The minimum absolute atomic E-state index is 0.0509. The minimum atomic E-state index is -0.496. The third kappa shape index (κ3) is 24.5. The van der Waals surface area contributed by atoms with Crippen LogP contribution in [0.15, 0.2) is 0 Å². The summed E-state index contributed by atoms with van der Waals surface area (Å²) in [5, 5.41) is 3.03. The first kappa shape index (κ1) is 16.3.